The monoisotopic (exact) mass is 637 g/mol. The second kappa shape index (κ2) is 9.34. The summed E-state index contributed by atoms with van der Waals surface area (Å²) < 4.78 is 0. The number of aromatic amines is 2. The fourth-order valence-corrected chi connectivity index (χ4v) is 2.70. The fraction of sp³-hybridized carbons (Fsp3) is 0. The smallest absolute Gasteiger partial charge is 0.289 e. The maximum Gasteiger partial charge on any atom is 0.289 e. The molecule has 152 valence electrons. The molecule has 0 saturated carbocycles. The molecule has 0 aliphatic heterocycles. The number of Topliss-reactive ketones (excluding diaryl/α,β-unsaturated/α-hetero) is 1. The molecule has 0 radical (unpaired) electrons. The van der Waals surface area contributed by atoms with Crippen LogP contribution in [0, 0.1) is 51.3 Å². The second-order valence-electron chi connectivity index (χ2n) is 5.89. The van der Waals surface area contributed by atoms with Crippen molar-refractivity contribution < 1.29 is 52.0 Å². The predicted molar refractivity (Wildman–Crippen MR) is 106 cm³/mol. The van der Waals surface area contributed by atoms with E-state index in [1.54, 1.807) is 18.3 Å². The van der Waals surface area contributed by atoms with Crippen molar-refractivity contribution in [1.29, 1.82) is 0 Å². The Hall–Kier alpha value is -3.49. The number of nitrogens with zero attached hydrogens (tertiary/aromatic N) is 2. The van der Waals surface area contributed by atoms with Gasteiger partial charge in [0.1, 0.15) is 0 Å². The molecule has 11 nitrogen and oxygen atoms in total. The Kier molecular flexibility index (Phi) is 7.10. The molecule has 4 N–H and O–H groups in total. The van der Waals surface area contributed by atoms with Crippen LogP contribution in [0.2, 0.25) is 0 Å². The van der Waals surface area contributed by atoms with E-state index in [9.17, 15) is 29.8 Å². The molecular weight excluding hydrogens is 620 g/mol. The van der Waals surface area contributed by atoms with Gasteiger partial charge in [-0.3, -0.25) is 29.8 Å². The summed E-state index contributed by atoms with van der Waals surface area (Å²) in [5.41, 5.74) is 6.33. The van der Waals surface area contributed by atoms with Crippen molar-refractivity contribution in [3.05, 3.63) is 80.7 Å². The van der Waals surface area contributed by atoms with E-state index in [0.717, 1.165) is 10.9 Å². The molecule has 0 unspecified atom stereocenters. The summed E-state index contributed by atoms with van der Waals surface area (Å²) >= 11 is 0. The molecule has 2 aromatic carbocycles. The number of primary amides is 1. The minimum Gasteiger partial charge on any atom is -0.363 e. The molecular formula is C18H15N5O6U. The summed E-state index contributed by atoms with van der Waals surface area (Å²) in [6.45, 7) is 0. The zero-order valence-electron chi connectivity index (χ0n) is 15.1. The van der Waals surface area contributed by atoms with E-state index in [1.165, 1.54) is 30.5 Å². The van der Waals surface area contributed by atoms with Crippen molar-refractivity contribution in [2.24, 2.45) is 5.73 Å². The quantitative estimate of drug-likeness (QED) is 0.134. The van der Waals surface area contributed by atoms with Crippen molar-refractivity contribution >= 4 is 44.9 Å². The number of benzene rings is 2. The van der Waals surface area contributed by atoms with Gasteiger partial charge in [-0.15, -0.1) is 0 Å². The number of nitro benzene ring substituents is 2. The van der Waals surface area contributed by atoms with E-state index in [1.807, 2.05) is 6.07 Å². The first-order valence-electron chi connectivity index (χ1n) is 8.09. The number of fused-ring (bicyclic) bond motifs is 2. The topological polar surface area (TPSA) is 178 Å². The first-order chi connectivity index (χ1) is 13.8. The summed E-state index contributed by atoms with van der Waals surface area (Å²) in [6, 6.07) is 10.5. The maximum absolute atomic E-state index is 11.4. The molecule has 30 heavy (non-hydrogen) atoms. The molecule has 0 spiro atoms. The molecule has 0 bridgehead atoms. The summed E-state index contributed by atoms with van der Waals surface area (Å²) in [6.07, 6.45) is 3.07. The van der Waals surface area contributed by atoms with Gasteiger partial charge in [0.25, 0.3) is 23.1 Å². The van der Waals surface area contributed by atoms with E-state index in [0.29, 0.717) is 10.9 Å². The van der Waals surface area contributed by atoms with Gasteiger partial charge in [-0.05, 0) is 18.2 Å². The van der Waals surface area contributed by atoms with Crippen LogP contribution in [0.3, 0.4) is 0 Å². The molecule has 1 amide bonds. The molecule has 0 atom stereocenters. The van der Waals surface area contributed by atoms with E-state index in [-0.39, 0.29) is 49.5 Å². The number of rotatable bonds is 4. The third-order valence-corrected chi connectivity index (χ3v) is 4.09. The minimum atomic E-state index is -1.10. The van der Waals surface area contributed by atoms with Crippen molar-refractivity contribution in [2.75, 3.05) is 0 Å². The number of carbonyl (C=O) groups excluding carboxylic acids is 2. The van der Waals surface area contributed by atoms with Gasteiger partial charge in [0, 0.05) is 91.0 Å². The standard InChI is InChI=1S/C10H7N3O4.C8H6N2O2.U.H2/c11-10(15)9(14)7-4-12-8-2-1-5(13(16)17)3-6(7)8;11-10(12)7-1-2-8-6(5-7)3-4-9-8;;/h1-4,12H,(H2,11,15);1-5,9H;;1H/i;;;1+2. The number of non-ortho nitro benzene ring substituents is 2. The van der Waals surface area contributed by atoms with E-state index in [4.69, 9.17) is 5.73 Å². The molecule has 0 fully saturated rings. The van der Waals surface area contributed by atoms with Gasteiger partial charge < -0.3 is 15.7 Å². The number of nitrogens with two attached hydrogens (primary N) is 1. The number of ketones is 1. The van der Waals surface area contributed by atoms with Crippen LogP contribution in [0.5, 0.6) is 0 Å². The average molecular weight is 637 g/mol. The zero-order valence-corrected chi connectivity index (χ0v) is 19.3. The van der Waals surface area contributed by atoms with E-state index < -0.39 is 21.5 Å². The molecule has 4 rings (SSSR count). The van der Waals surface area contributed by atoms with Crippen LogP contribution >= 0.6 is 0 Å². The number of amides is 1. The molecule has 0 aliphatic carbocycles. The molecule has 2 aromatic heterocycles. The summed E-state index contributed by atoms with van der Waals surface area (Å²) in [7, 11) is 0. The molecule has 12 heteroatoms. The first-order valence-corrected chi connectivity index (χ1v) is 8.09. The minimum absolute atomic E-state index is 0. The Bertz CT molecular complexity index is 1280. The molecule has 2 heterocycles. The van der Waals surface area contributed by atoms with Gasteiger partial charge in [-0.1, -0.05) is 0 Å². The van der Waals surface area contributed by atoms with Gasteiger partial charge in [-0.25, -0.2) is 0 Å². The third kappa shape index (κ3) is 4.73. The van der Waals surface area contributed by atoms with Gasteiger partial charge in [0.05, 0.1) is 15.4 Å². The Labute approximate surface area is 192 Å². The van der Waals surface area contributed by atoms with Crippen molar-refractivity contribution in [2.45, 2.75) is 0 Å². The summed E-state index contributed by atoms with van der Waals surface area (Å²) in [4.78, 5) is 47.9. The van der Waals surface area contributed by atoms with Crippen LogP contribution in [0.25, 0.3) is 21.8 Å². The van der Waals surface area contributed by atoms with E-state index >= 15 is 0 Å². The second-order valence-corrected chi connectivity index (χ2v) is 5.89. The largest absolute Gasteiger partial charge is 0.363 e. The van der Waals surface area contributed by atoms with Crippen LogP contribution in [0.4, 0.5) is 11.4 Å². The Balaban J connectivity index is 0.000000305. The average Bonchev–Trinajstić information content (AvgIpc) is 3.33. The Morgan fingerprint density at radius 3 is 2.10 bits per heavy atom. The van der Waals surface area contributed by atoms with Crippen LogP contribution < -0.4 is 5.73 Å². The molecule has 0 saturated heterocycles. The van der Waals surface area contributed by atoms with Gasteiger partial charge in [0.15, 0.2) is 0 Å². The maximum atomic E-state index is 11.4. The summed E-state index contributed by atoms with van der Waals surface area (Å²) in [5, 5.41) is 22.1. The van der Waals surface area contributed by atoms with Crippen LogP contribution in [-0.2, 0) is 4.79 Å². The number of hydrogen-bond donors (Lipinski definition) is 3. The van der Waals surface area contributed by atoms with Gasteiger partial charge >= 0.3 is 0 Å². The Morgan fingerprint density at radius 1 is 0.900 bits per heavy atom. The molecule has 0 aliphatic rings. The van der Waals surface area contributed by atoms with Crippen LogP contribution in [0.15, 0.2) is 54.9 Å². The van der Waals surface area contributed by atoms with Gasteiger partial charge in [0.2, 0.25) is 0 Å². The fourth-order valence-electron chi connectivity index (χ4n) is 2.70. The van der Waals surface area contributed by atoms with E-state index in [2.05, 4.69) is 9.97 Å². The number of carbonyl (C=O) groups is 2. The number of nitrogens with one attached hydrogen (secondary N) is 2. The normalized spacial score (nSPS) is 10.0. The third-order valence-electron chi connectivity index (χ3n) is 4.09. The van der Waals surface area contributed by atoms with Crippen molar-refractivity contribution in [1.82, 2.24) is 9.97 Å². The van der Waals surface area contributed by atoms with Crippen molar-refractivity contribution in [3.63, 3.8) is 0 Å². The summed E-state index contributed by atoms with van der Waals surface area (Å²) in [5.74, 6) is -1.98. The predicted octanol–water partition coefficient (Wildman–Crippen LogP) is 3.07. The number of H-pyrrole nitrogens is 2. The van der Waals surface area contributed by atoms with Crippen LogP contribution in [0.1, 0.15) is 11.8 Å². The number of nitro groups is 2. The SMILES string of the molecule is NC(=O)C(=O)c1c[nH]c2ccc([N+](=O)[O-])cc12.O=[N+]([O-])c1ccc2[nH]ccc2c1.[3HH].[U]. The first kappa shape index (κ1) is 22.8. The zero-order chi connectivity index (χ0) is 21.1. The van der Waals surface area contributed by atoms with Gasteiger partial charge in [-0.2, -0.15) is 0 Å². The number of hydrogen-bond acceptors (Lipinski definition) is 6. The van der Waals surface area contributed by atoms with Crippen LogP contribution in [-0.4, -0.2) is 31.5 Å². The Morgan fingerprint density at radius 2 is 1.50 bits per heavy atom. The number of aromatic nitrogens is 2. The van der Waals surface area contributed by atoms with Crippen molar-refractivity contribution in [3.8, 4) is 0 Å². The molecule has 4 aromatic rings.